The Morgan fingerprint density at radius 2 is 2.00 bits per heavy atom. The molecule has 0 bridgehead atoms. The molecule has 0 fully saturated rings. The van der Waals surface area contributed by atoms with Gasteiger partial charge in [-0.25, -0.2) is 9.97 Å². The summed E-state index contributed by atoms with van der Waals surface area (Å²) >= 11 is 4.56. The van der Waals surface area contributed by atoms with E-state index in [2.05, 4.69) is 38.9 Å². The molecule has 0 saturated heterocycles. The highest BCUT2D eigenvalue weighted by Gasteiger charge is 2.21. The van der Waals surface area contributed by atoms with E-state index in [4.69, 9.17) is 0 Å². The van der Waals surface area contributed by atoms with Crippen molar-refractivity contribution >= 4 is 55.6 Å². The van der Waals surface area contributed by atoms with E-state index in [1.165, 1.54) is 23.1 Å². The summed E-state index contributed by atoms with van der Waals surface area (Å²) in [6.07, 6.45) is 6.94. The number of nitrogens with one attached hydrogen (secondary N) is 1. The van der Waals surface area contributed by atoms with Gasteiger partial charge in [-0.15, -0.1) is 22.7 Å². The number of hydrogen-bond donors (Lipinski definition) is 1. The molecule has 0 saturated carbocycles. The predicted octanol–water partition coefficient (Wildman–Crippen LogP) is 6.29. The third-order valence-electron chi connectivity index (χ3n) is 5.55. The Hall–Kier alpha value is -2.73. The first-order valence-electron chi connectivity index (χ1n) is 10.5. The normalized spacial score (nSPS) is 13.3. The van der Waals surface area contributed by atoms with Crippen molar-refractivity contribution in [2.45, 2.75) is 37.1 Å². The van der Waals surface area contributed by atoms with Gasteiger partial charge in [-0.2, -0.15) is 5.26 Å². The first-order valence-corrected chi connectivity index (χ1v) is 13.2. The largest absolute Gasteiger partial charge is 0.316 e. The van der Waals surface area contributed by atoms with Crippen LogP contribution in [-0.2, 0) is 17.6 Å². The molecule has 1 aliphatic carbocycles. The molecule has 1 amide bonds. The minimum Gasteiger partial charge on any atom is -0.316 e. The highest BCUT2D eigenvalue weighted by Crippen LogP contribution is 2.39. The lowest BCUT2D eigenvalue weighted by Gasteiger charge is -2.06. The van der Waals surface area contributed by atoms with Crippen LogP contribution >= 0.6 is 34.4 Å². The van der Waals surface area contributed by atoms with Crippen LogP contribution in [-0.4, -0.2) is 21.6 Å². The zero-order valence-corrected chi connectivity index (χ0v) is 19.7. The SMILES string of the molecule is N#Cc1c(NC(=O)CSc2ncnc3scc(-c4ccccc4)c23)sc2c1CCCCC2. The third-order valence-corrected chi connectivity index (χ3v) is 8.63. The molecule has 8 heteroatoms. The number of anilines is 1. The molecule has 0 spiro atoms. The Bertz CT molecular complexity index is 1320. The summed E-state index contributed by atoms with van der Waals surface area (Å²) in [5.74, 6) is 0.107. The molecule has 0 aliphatic heterocycles. The van der Waals surface area contributed by atoms with Crippen LogP contribution in [0.4, 0.5) is 5.00 Å². The summed E-state index contributed by atoms with van der Waals surface area (Å²) in [5.41, 5.74) is 3.99. The highest BCUT2D eigenvalue weighted by atomic mass is 32.2. The number of nitriles is 1. The number of fused-ring (bicyclic) bond motifs is 2. The highest BCUT2D eigenvalue weighted by molar-refractivity contribution is 8.00. The van der Waals surface area contributed by atoms with Crippen LogP contribution in [0.2, 0.25) is 0 Å². The zero-order valence-electron chi connectivity index (χ0n) is 17.3. The van der Waals surface area contributed by atoms with Gasteiger partial charge in [-0.1, -0.05) is 48.5 Å². The minimum atomic E-state index is -0.119. The number of nitrogens with zero attached hydrogens (tertiary/aromatic N) is 3. The van der Waals surface area contributed by atoms with E-state index >= 15 is 0 Å². The number of thioether (sulfide) groups is 1. The van der Waals surface area contributed by atoms with Crippen molar-refractivity contribution in [2.24, 2.45) is 0 Å². The van der Waals surface area contributed by atoms with Gasteiger partial charge in [0.05, 0.1) is 16.7 Å². The zero-order chi connectivity index (χ0) is 21.9. The quantitative estimate of drug-likeness (QED) is 0.208. The molecule has 3 heterocycles. The van der Waals surface area contributed by atoms with Crippen molar-refractivity contribution in [2.75, 3.05) is 11.1 Å². The average molecular weight is 477 g/mol. The maximum atomic E-state index is 12.8. The van der Waals surface area contributed by atoms with Crippen molar-refractivity contribution in [3.8, 4) is 17.2 Å². The Balaban J connectivity index is 1.35. The van der Waals surface area contributed by atoms with Crippen LogP contribution in [0.5, 0.6) is 0 Å². The second kappa shape index (κ2) is 9.41. The third kappa shape index (κ3) is 4.16. The molecule has 1 aromatic carbocycles. The first-order chi connectivity index (χ1) is 15.7. The Kier molecular flexibility index (Phi) is 6.21. The van der Waals surface area contributed by atoms with E-state index < -0.39 is 0 Å². The molecule has 160 valence electrons. The standard InChI is InChI=1S/C24H20N4OS3/c25-11-17-16-9-5-2-6-10-19(16)32-22(17)28-20(29)13-31-24-21-18(15-7-3-1-4-8-15)12-30-23(21)26-14-27-24/h1,3-4,7-8,12,14H,2,5-6,9-10,13H2,(H,28,29). The van der Waals surface area contributed by atoms with E-state index in [1.54, 1.807) is 29.0 Å². The molecule has 1 aliphatic rings. The van der Waals surface area contributed by atoms with Gasteiger partial charge in [0.2, 0.25) is 5.91 Å². The summed E-state index contributed by atoms with van der Waals surface area (Å²) in [5, 5.41) is 17.3. The van der Waals surface area contributed by atoms with Gasteiger partial charge < -0.3 is 5.32 Å². The van der Waals surface area contributed by atoms with E-state index in [0.29, 0.717) is 10.6 Å². The summed E-state index contributed by atoms with van der Waals surface area (Å²) in [7, 11) is 0. The van der Waals surface area contributed by atoms with Crippen molar-refractivity contribution in [3.05, 3.63) is 58.0 Å². The number of amides is 1. The van der Waals surface area contributed by atoms with Gasteiger partial charge >= 0.3 is 0 Å². The summed E-state index contributed by atoms with van der Waals surface area (Å²) in [6.45, 7) is 0. The Morgan fingerprint density at radius 1 is 1.16 bits per heavy atom. The maximum absolute atomic E-state index is 12.8. The monoisotopic (exact) mass is 476 g/mol. The van der Waals surface area contributed by atoms with Crippen LogP contribution < -0.4 is 5.32 Å². The smallest absolute Gasteiger partial charge is 0.235 e. The second-order valence-electron chi connectivity index (χ2n) is 7.59. The van der Waals surface area contributed by atoms with Gasteiger partial charge in [-0.3, -0.25) is 4.79 Å². The molecular weight excluding hydrogens is 456 g/mol. The first kappa shape index (κ1) is 21.1. The molecule has 4 aromatic rings. The Labute approximate surface area is 198 Å². The van der Waals surface area contributed by atoms with Gasteiger partial charge in [-0.05, 0) is 36.8 Å². The van der Waals surface area contributed by atoms with Crippen LogP contribution in [0.3, 0.4) is 0 Å². The number of aryl methyl sites for hydroxylation is 1. The van der Waals surface area contributed by atoms with Crippen molar-refractivity contribution in [1.82, 2.24) is 9.97 Å². The number of hydrogen-bond acceptors (Lipinski definition) is 7. The predicted molar refractivity (Wildman–Crippen MR) is 132 cm³/mol. The summed E-state index contributed by atoms with van der Waals surface area (Å²) < 4.78 is 0. The molecule has 5 nitrogen and oxygen atoms in total. The fourth-order valence-corrected chi connectivity index (χ4v) is 7.08. The number of carbonyl (C=O) groups is 1. The molecule has 0 radical (unpaired) electrons. The molecule has 5 rings (SSSR count). The van der Waals surface area contributed by atoms with Gasteiger partial charge in [0, 0.05) is 15.8 Å². The van der Waals surface area contributed by atoms with E-state index in [0.717, 1.165) is 57.6 Å². The van der Waals surface area contributed by atoms with Gasteiger partial charge in [0.1, 0.15) is 27.3 Å². The molecule has 1 N–H and O–H groups in total. The number of aromatic nitrogens is 2. The van der Waals surface area contributed by atoms with Gasteiger partial charge in [0.15, 0.2) is 0 Å². The maximum Gasteiger partial charge on any atom is 0.235 e. The fourth-order valence-electron chi connectivity index (χ4n) is 4.03. The van der Waals surface area contributed by atoms with E-state index in [9.17, 15) is 10.1 Å². The number of carbonyl (C=O) groups excluding carboxylic acids is 1. The molecule has 3 aromatic heterocycles. The molecule has 0 atom stereocenters. The van der Waals surface area contributed by atoms with Crippen molar-refractivity contribution in [1.29, 1.82) is 5.26 Å². The lowest BCUT2D eigenvalue weighted by atomic mass is 10.1. The Morgan fingerprint density at radius 3 is 2.84 bits per heavy atom. The number of thiophene rings is 2. The molecule has 32 heavy (non-hydrogen) atoms. The van der Waals surface area contributed by atoms with E-state index in [1.807, 2.05) is 18.2 Å². The van der Waals surface area contributed by atoms with E-state index in [-0.39, 0.29) is 11.7 Å². The fraction of sp³-hybridized carbons (Fsp3) is 0.250. The number of rotatable bonds is 5. The average Bonchev–Trinajstić information content (AvgIpc) is 3.32. The lowest BCUT2D eigenvalue weighted by molar-refractivity contribution is -0.113. The molecular formula is C24H20N4OS3. The van der Waals surface area contributed by atoms with Crippen molar-refractivity contribution in [3.63, 3.8) is 0 Å². The minimum absolute atomic E-state index is 0.119. The summed E-state index contributed by atoms with van der Waals surface area (Å²) in [4.78, 5) is 23.8. The van der Waals surface area contributed by atoms with Crippen LogP contribution in [0, 0.1) is 11.3 Å². The van der Waals surface area contributed by atoms with Crippen molar-refractivity contribution < 1.29 is 4.79 Å². The molecule has 0 unspecified atom stereocenters. The summed E-state index contributed by atoms with van der Waals surface area (Å²) in [6, 6.07) is 12.5. The lowest BCUT2D eigenvalue weighted by Crippen LogP contribution is -2.14. The van der Waals surface area contributed by atoms with Crippen LogP contribution in [0.15, 0.2) is 47.1 Å². The van der Waals surface area contributed by atoms with Crippen LogP contribution in [0.25, 0.3) is 21.3 Å². The number of benzene rings is 1. The van der Waals surface area contributed by atoms with Gasteiger partial charge in [0.25, 0.3) is 0 Å². The second-order valence-corrected chi connectivity index (χ2v) is 10.5. The topological polar surface area (TPSA) is 78.7 Å². The van der Waals surface area contributed by atoms with Crippen LogP contribution in [0.1, 0.15) is 35.3 Å².